The third-order valence-corrected chi connectivity index (χ3v) is 6.00. The SMILES string of the molecule is CCOC(=O)c1nc(N(CCc2ccccc2)C(=O)C2COc3ccccc3O2)sc1C. The number of anilines is 1. The molecule has 3 aromatic rings. The second kappa shape index (κ2) is 9.82. The molecule has 32 heavy (non-hydrogen) atoms. The summed E-state index contributed by atoms with van der Waals surface area (Å²) in [6, 6.07) is 17.2. The Hall–Kier alpha value is -3.39. The van der Waals surface area contributed by atoms with Crippen LogP contribution in [-0.4, -0.2) is 42.7 Å². The van der Waals surface area contributed by atoms with Crippen molar-refractivity contribution in [1.29, 1.82) is 0 Å². The van der Waals surface area contributed by atoms with E-state index in [-0.39, 0.29) is 24.8 Å². The van der Waals surface area contributed by atoms with Gasteiger partial charge in [0.2, 0.25) is 6.10 Å². The topological polar surface area (TPSA) is 78.0 Å². The molecule has 1 aliphatic heterocycles. The minimum atomic E-state index is -0.809. The highest BCUT2D eigenvalue weighted by molar-refractivity contribution is 7.16. The van der Waals surface area contributed by atoms with Crippen molar-refractivity contribution in [3.05, 3.63) is 70.7 Å². The van der Waals surface area contributed by atoms with E-state index in [1.807, 2.05) is 42.5 Å². The summed E-state index contributed by atoms with van der Waals surface area (Å²) >= 11 is 1.29. The Morgan fingerprint density at radius 1 is 1.12 bits per heavy atom. The lowest BCUT2D eigenvalue weighted by Crippen LogP contribution is -2.47. The Balaban J connectivity index is 1.60. The van der Waals surface area contributed by atoms with Gasteiger partial charge in [-0.05, 0) is 38.0 Å². The summed E-state index contributed by atoms with van der Waals surface area (Å²) in [5.41, 5.74) is 1.32. The molecule has 2 aromatic carbocycles. The van der Waals surface area contributed by atoms with Gasteiger partial charge in [-0.2, -0.15) is 0 Å². The largest absolute Gasteiger partial charge is 0.485 e. The first-order valence-electron chi connectivity index (χ1n) is 10.4. The zero-order valence-electron chi connectivity index (χ0n) is 17.9. The molecular formula is C24H24N2O5S. The number of aryl methyl sites for hydroxylation is 1. The Morgan fingerprint density at radius 2 is 1.84 bits per heavy atom. The van der Waals surface area contributed by atoms with Crippen molar-refractivity contribution in [1.82, 2.24) is 4.98 Å². The molecule has 0 bridgehead atoms. The van der Waals surface area contributed by atoms with Crippen LogP contribution in [0.15, 0.2) is 54.6 Å². The first-order valence-corrected chi connectivity index (χ1v) is 11.3. The molecule has 1 atom stereocenters. The Kier molecular flexibility index (Phi) is 6.70. The van der Waals surface area contributed by atoms with Crippen molar-refractivity contribution >= 4 is 28.3 Å². The van der Waals surface area contributed by atoms with Crippen LogP contribution in [0.2, 0.25) is 0 Å². The standard InChI is InChI=1S/C24H24N2O5S/c1-3-29-23(28)21-16(2)32-24(25-21)26(14-13-17-9-5-4-6-10-17)22(27)20-15-30-18-11-7-8-12-19(18)31-20/h4-12,20H,3,13-15H2,1-2H3. The van der Waals surface area contributed by atoms with Crippen LogP contribution >= 0.6 is 11.3 Å². The van der Waals surface area contributed by atoms with E-state index in [1.54, 1.807) is 30.9 Å². The second-order valence-electron chi connectivity index (χ2n) is 7.21. The predicted octanol–water partition coefficient (Wildman–Crippen LogP) is 4.04. The predicted molar refractivity (Wildman–Crippen MR) is 122 cm³/mol. The summed E-state index contributed by atoms with van der Waals surface area (Å²) in [6.07, 6.45) is -0.180. The van der Waals surface area contributed by atoms with Gasteiger partial charge in [-0.3, -0.25) is 9.69 Å². The van der Waals surface area contributed by atoms with E-state index < -0.39 is 12.1 Å². The number of rotatable bonds is 7. The molecule has 0 aliphatic carbocycles. The summed E-state index contributed by atoms with van der Waals surface area (Å²) in [4.78, 5) is 32.5. The van der Waals surface area contributed by atoms with Gasteiger partial charge in [-0.1, -0.05) is 42.5 Å². The number of carbonyl (C=O) groups is 2. The van der Waals surface area contributed by atoms with Crippen LogP contribution in [0, 0.1) is 6.92 Å². The van der Waals surface area contributed by atoms with Gasteiger partial charge in [0.1, 0.15) is 6.61 Å². The highest BCUT2D eigenvalue weighted by atomic mass is 32.1. The van der Waals surface area contributed by atoms with Crippen LogP contribution < -0.4 is 14.4 Å². The monoisotopic (exact) mass is 452 g/mol. The number of hydrogen-bond donors (Lipinski definition) is 0. The molecule has 0 saturated heterocycles. The number of fused-ring (bicyclic) bond motifs is 1. The van der Waals surface area contributed by atoms with Crippen molar-refractivity contribution < 1.29 is 23.8 Å². The molecule has 2 heterocycles. The van der Waals surface area contributed by atoms with E-state index in [0.29, 0.717) is 34.5 Å². The molecule has 8 heteroatoms. The van der Waals surface area contributed by atoms with Crippen molar-refractivity contribution in [2.45, 2.75) is 26.4 Å². The average molecular weight is 453 g/mol. The fourth-order valence-electron chi connectivity index (χ4n) is 3.39. The molecule has 4 rings (SSSR count). The van der Waals surface area contributed by atoms with Gasteiger partial charge in [0, 0.05) is 11.4 Å². The van der Waals surface area contributed by atoms with Crippen LogP contribution in [0.25, 0.3) is 0 Å². The quantitative estimate of drug-likeness (QED) is 0.504. The third kappa shape index (κ3) is 4.75. The summed E-state index contributed by atoms with van der Waals surface area (Å²) in [5, 5.41) is 0.439. The maximum absolute atomic E-state index is 13.5. The number of hydrogen-bond acceptors (Lipinski definition) is 7. The normalized spacial score (nSPS) is 14.6. The first-order chi connectivity index (χ1) is 15.6. The molecule has 0 spiro atoms. The van der Waals surface area contributed by atoms with E-state index in [9.17, 15) is 9.59 Å². The van der Waals surface area contributed by atoms with Gasteiger partial charge in [0.15, 0.2) is 22.3 Å². The number of thiazole rings is 1. The number of carbonyl (C=O) groups excluding carboxylic acids is 2. The summed E-state index contributed by atoms with van der Waals surface area (Å²) in [7, 11) is 0. The minimum absolute atomic E-state index is 0.104. The number of amides is 1. The zero-order chi connectivity index (χ0) is 22.5. The Morgan fingerprint density at radius 3 is 2.59 bits per heavy atom. The summed E-state index contributed by atoms with van der Waals surface area (Å²) in [6.45, 7) is 4.29. The molecule has 1 aromatic heterocycles. The molecule has 166 valence electrons. The molecule has 1 unspecified atom stereocenters. The molecule has 1 aliphatic rings. The second-order valence-corrected chi connectivity index (χ2v) is 8.39. The highest BCUT2D eigenvalue weighted by Crippen LogP contribution is 2.33. The van der Waals surface area contributed by atoms with E-state index in [1.165, 1.54) is 11.3 Å². The lowest BCUT2D eigenvalue weighted by Gasteiger charge is -2.29. The van der Waals surface area contributed by atoms with Crippen LogP contribution in [0.5, 0.6) is 11.5 Å². The average Bonchev–Trinajstić information content (AvgIpc) is 3.21. The molecular weight excluding hydrogens is 428 g/mol. The molecule has 7 nitrogen and oxygen atoms in total. The zero-order valence-corrected chi connectivity index (χ0v) is 18.8. The van der Waals surface area contributed by atoms with E-state index in [4.69, 9.17) is 14.2 Å². The molecule has 1 amide bonds. The maximum atomic E-state index is 13.5. The fraction of sp³-hybridized carbons (Fsp3) is 0.292. The van der Waals surface area contributed by atoms with Crippen molar-refractivity contribution in [3.63, 3.8) is 0 Å². The lowest BCUT2D eigenvalue weighted by molar-refractivity contribution is -0.127. The van der Waals surface area contributed by atoms with Crippen LogP contribution in [0.3, 0.4) is 0 Å². The van der Waals surface area contributed by atoms with Gasteiger partial charge in [-0.25, -0.2) is 9.78 Å². The van der Waals surface area contributed by atoms with Crippen molar-refractivity contribution in [2.24, 2.45) is 0 Å². The number of para-hydroxylation sites is 2. The van der Waals surface area contributed by atoms with E-state index >= 15 is 0 Å². The molecule has 0 radical (unpaired) electrons. The number of benzene rings is 2. The maximum Gasteiger partial charge on any atom is 0.358 e. The van der Waals surface area contributed by atoms with E-state index in [0.717, 1.165) is 5.56 Å². The number of esters is 1. The summed E-state index contributed by atoms with van der Waals surface area (Å²) < 4.78 is 16.8. The van der Waals surface area contributed by atoms with Crippen LogP contribution in [-0.2, 0) is 16.0 Å². The molecule has 0 fully saturated rings. The smallest absolute Gasteiger partial charge is 0.358 e. The van der Waals surface area contributed by atoms with Crippen LogP contribution in [0.4, 0.5) is 5.13 Å². The Labute approximate surface area is 190 Å². The van der Waals surface area contributed by atoms with Gasteiger partial charge < -0.3 is 14.2 Å². The van der Waals surface area contributed by atoms with Gasteiger partial charge in [0.25, 0.3) is 5.91 Å². The lowest BCUT2D eigenvalue weighted by atomic mass is 10.1. The van der Waals surface area contributed by atoms with Crippen molar-refractivity contribution in [2.75, 3.05) is 24.7 Å². The fourth-order valence-corrected chi connectivity index (χ4v) is 4.32. The van der Waals surface area contributed by atoms with Gasteiger partial charge in [0.05, 0.1) is 6.61 Å². The number of nitrogens with zero attached hydrogens (tertiary/aromatic N) is 2. The summed E-state index contributed by atoms with van der Waals surface area (Å²) in [5.74, 6) is 0.387. The molecule has 0 saturated carbocycles. The Bertz CT molecular complexity index is 1100. The number of ether oxygens (including phenoxy) is 3. The highest BCUT2D eigenvalue weighted by Gasteiger charge is 2.33. The van der Waals surface area contributed by atoms with E-state index in [2.05, 4.69) is 4.98 Å². The van der Waals surface area contributed by atoms with Gasteiger partial charge >= 0.3 is 5.97 Å². The minimum Gasteiger partial charge on any atom is -0.485 e. The third-order valence-electron chi connectivity index (χ3n) is 5.00. The van der Waals surface area contributed by atoms with Gasteiger partial charge in [-0.15, -0.1) is 11.3 Å². The number of aromatic nitrogens is 1. The van der Waals surface area contributed by atoms with Crippen LogP contribution in [0.1, 0.15) is 27.9 Å². The van der Waals surface area contributed by atoms with Crippen molar-refractivity contribution in [3.8, 4) is 11.5 Å². The first kappa shape index (κ1) is 21.8. The molecule has 0 N–H and O–H groups in total.